The molecule has 1 aromatic carbocycles. The molecule has 0 fully saturated rings. The molecule has 2 amide bonds. The van der Waals surface area contributed by atoms with Gasteiger partial charge in [-0.1, -0.05) is 12.1 Å². The first-order valence-electron chi connectivity index (χ1n) is 4.72. The van der Waals surface area contributed by atoms with Crippen molar-refractivity contribution in [2.24, 2.45) is 10.2 Å². The van der Waals surface area contributed by atoms with Crippen LogP contribution >= 0.6 is 0 Å². The predicted molar refractivity (Wildman–Crippen MR) is 58.6 cm³/mol. The van der Waals surface area contributed by atoms with E-state index in [0.29, 0.717) is 12.2 Å². The van der Waals surface area contributed by atoms with Gasteiger partial charge in [-0.3, -0.25) is 9.59 Å². The second-order valence-electron chi connectivity index (χ2n) is 3.21. The van der Waals surface area contributed by atoms with Gasteiger partial charge in [-0.2, -0.15) is 0 Å². The Morgan fingerprint density at radius 3 is 2.75 bits per heavy atom. The Balaban J connectivity index is 2.50. The molecule has 0 spiro atoms. The summed E-state index contributed by atoms with van der Waals surface area (Å²) < 4.78 is 0. The Morgan fingerprint density at radius 1 is 1.25 bits per heavy atom. The van der Waals surface area contributed by atoms with Crippen LogP contribution in [-0.4, -0.2) is 18.4 Å². The molecule has 1 heterocycles. The highest BCUT2D eigenvalue weighted by Gasteiger charge is 2.24. The number of azo groups is 1. The van der Waals surface area contributed by atoms with Crippen molar-refractivity contribution in [3.63, 3.8) is 0 Å². The molecule has 5 heteroatoms. The summed E-state index contributed by atoms with van der Waals surface area (Å²) in [5.74, 6) is -0.987. The lowest BCUT2D eigenvalue weighted by molar-refractivity contribution is 0.0921. The molecule has 0 saturated carbocycles. The second-order valence-corrected chi connectivity index (χ2v) is 3.21. The highest BCUT2D eigenvalue weighted by atomic mass is 16.2. The molecule has 0 radical (unpaired) electrons. The van der Waals surface area contributed by atoms with E-state index >= 15 is 0 Å². The van der Waals surface area contributed by atoms with Crippen LogP contribution in [0.1, 0.15) is 20.7 Å². The van der Waals surface area contributed by atoms with Gasteiger partial charge in [-0.05, 0) is 12.1 Å². The molecular formula is C11H9N3O2. The quantitative estimate of drug-likeness (QED) is 0.784. The van der Waals surface area contributed by atoms with Crippen molar-refractivity contribution in [3.05, 3.63) is 42.0 Å². The molecule has 80 valence electrons. The summed E-state index contributed by atoms with van der Waals surface area (Å²) in [7, 11) is 0. The van der Waals surface area contributed by atoms with Crippen molar-refractivity contribution in [2.75, 3.05) is 11.9 Å². The Hall–Kier alpha value is -2.30. The summed E-state index contributed by atoms with van der Waals surface area (Å²) in [6.45, 7) is 4.07. The SMILES string of the molecule is C=CCNc1cccc2c1C(=O)N=NC2=O. The number of nitrogens with one attached hydrogen (secondary N) is 1. The summed E-state index contributed by atoms with van der Waals surface area (Å²) in [4.78, 5) is 22.9. The zero-order valence-corrected chi connectivity index (χ0v) is 8.43. The highest BCUT2D eigenvalue weighted by Crippen LogP contribution is 2.24. The minimum Gasteiger partial charge on any atom is -0.381 e. The topological polar surface area (TPSA) is 70.9 Å². The van der Waals surface area contributed by atoms with Gasteiger partial charge in [0.1, 0.15) is 0 Å². The Labute approximate surface area is 91.9 Å². The summed E-state index contributed by atoms with van der Waals surface area (Å²) in [5.41, 5.74) is 1.15. The monoisotopic (exact) mass is 215 g/mol. The third kappa shape index (κ3) is 1.63. The molecule has 0 atom stereocenters. The van der Waals surface area contributed by atoms with Gasteiger partial charge >= 0.3 is 0 Å². The Morgan fingerprint density at radius 2 is 2.00 bits per heavy atom. The molecule has 1 aliphatic heterocycles. The van der Waals surface area contributed by atoms with E-state index in [0.717, 1.165) is 0 Å². The maximum atomic E-state index is 11.5. The minimum atomic E-state index is -0.498. The largest absolute Gasteiger partial charge is 0.381 e. The van der Waals surface area contributed by atoms with E-state index in [1.807, 2.05) is 0 Å². The zero-order valence-electron chi connectivity index (χ0n) is 8.43. The molecule has 0 bridgehead atoms. The number of rotatable bonds is 3. The van der Waals surface area contributed by atoms with E-state index < -0.39 is 11.8 Å². The smallest absolute Gasteiger partial charge is 0.298 e. The molecule has 0 saturated heterocycles. The zero-order chi connectivity index (χ0) is 11.5. The van der Waals surface area contributed by atoms with E-state index in [4.69, 9.17) is 0 Å². The third-order valence-corrected chi connectivity index (χ3v) is 2.18. The van der Waals surface area contributed by atoms with Gasteiger partial charge in [-0.15, -0.1) is 16.8 Å². The molecule has 16 heavy (non-hydrogen) atoms. The van der Waals surface area contributed by atoms with E-state index in [1.54, 1.807) is 24.3 Å². The average molecular weight is 215 g/mol. The Kier molecular flexibility index (Phi) is 2.59. The first-order chi connectivity index (χ1) is 7.74. The van der Waals surface area contributed by atoms with E-state index in [1.165, 1.54) is 0 Å². The normalized spacial score (nSPS) is 13.5. The average Bonchev–Trinajstić information content (AvgIpc) is 2.31. The van der Waals surface area contributed by atoms with Crippen LogP contribution in [-0.2, 0) is 0 Å². The molecule has 1 aromatic rings. The fourth-order valence-electron chi connectivity index (χ4n) is 1.49. The first-order valence-corrected chi connectivity index (χ1v) is 4.72. The molecule has 0 aromatic heterocycles. The van der Waals surface area contributed by atoms with E-state index in [-0.39, 0.29) is 11.1 Å². The molecule has 1 aliphatic rings. The lowest BCUT2D eigenvalue weighted by Gasteiger charge is -2.12. The number of hydrogen-bond acceptors (Lipinski definition) is 3. The second kappa shape index (κ2) is 4.06. The van der Waals surface area contributed by atoms with Gasteiger partial charge in [0.15, 0.2) is 0 Å². The molecule has 0 aliphatic carbocycles. The summed E-state index contributed by atoms with van der Waals surface area (Å²) in [6, 6.07) is 4.97. The van der Waals surface area contributed by atoms with E-state index in [9.17, 15) is 9.59 Å². The van der Waals surface area contributed by atoms with Gasteiger partial charge in [0.05, 0.1) is 11.1 Å². The summed E-state index contributed by atoms with van der Waals surface area (Å²) in [6.07, 6.45) is 1.66. The third-order valence-electron chi connectivity index (χ3n) is 2.18. The molecule has 5 nitrogen and oxygen atoms in total. The number of carbonyl (C=O) groups is 2. The van der Waals surface area contributed by atoms with Gasteiger partial charge in [0, 0.05) is 12.2 Å². The van der Waals surface area contributed by atoms with Gasteiger partial charge in [0.2, 0.25) is 0 Å². The van der Waals surface area contributed by atoms with Crippen molar-refractivity contribution in [3.8, 4) is 0 Å². The van der Waals surface area contributed by atoms with Crippen molar-refractivity contribution in [1.82, 2.24) is 0 Å². The van der Waals surface area contributed by atoms with Crippen molar-refractivity contribution in [1.29, 1.82) is 0 Å². The molecule has 0 unspecified atom stereocenters. The van der Waals surface area contributed by atoms with Crippen LogP contribution < -0.4 is 5.32 Å². The first kappa shape index (κ1) is 10.2. The standard InChI is InChI=1S/C11H9N3O2/c1-2-6-12-8-5-3-4-7-9(8)11(16)14-13-10(7)15/h2-5,12H,1,6H2. The van der Waals surface area contributed by atoms with Gasteiger partial charge in [-0.25, -0.2) is 0 Å². The van der Waals surface area contributed by atoms with E-state index in [2.05, 4.69) is 22.1 Å². The number of amides is 2. The fraction of sp³-hybridized carbons (Fsp3) is 0.0909. The lowest BCUT2D eigenvalue weighted by atomic mass is 10.0. The van der Waals surface area contributed by atoms with Crippen LogP contribution in [0.5, 0.6) is 0 Å². The lowest BCUT2D eigenvalue weighted by Crippen LogP contribution is -2.14. The van der Waals surface area contributed by atoms with Crippen LogP contribution in [0.25, 0.3) is 0 Å². The minimum absolute atomic E-state index is 0.282. The maximum absolute atomic E-state index is 11.5. The summed E-state index contributed by atoms with van der Waals surface area (Å²) in [5, 5.41) is 9.53. The summed E-state index contributed by atoms with van der Waals surface area (Å²) >= 11 is 0. The number of carbonyl (C=O) groups excluding carboxylic acids is 2. The van der Waals surface area contributed by atoms with Crippen molar-refractivity contribution >= 4 is 17.5 Å². The fourth-order valence-corrected chi connectivity index (χ4v) is 1.49. The predicted octanol–water partition coefficient (Wildman–Crippen LogP) is 2.03. The highest BCUT2D eigenvalue weighted by molar-refractivity contribution is 6.14. The molecule has 2 rings (SSSR count). The molecule has 1 N–H and O–H groups in total. The Bertz CT molecular complexity index is 506. The van der Waals surface area contributed by atoms with Crippen molar-refractivity contribution < 1.29 is 9.59 Å². The van der Waals surface area contributed by atoms with Crippen LogP contribution in [0.15, 0.2) is 41.1 Å². The van der Waals surface area contributed by atoms with Crippen LogP contribution in [0.3, 0.4) is 0 Å². The van der Waals surface area contributed by atoms with Gasteiger partial charge in [0.25, 0.3) is 11.8 Å². The number of hydrogen-bond donors (Lipinski definition) is 1. The number of fused-ring (bicyclic) bond motifs is 1. The van der Waals surface area contributed by atoms with Gasteiger partial charge < -0.3 is 5.32 Å². The van der Waals surface area contributed by atoms with Crippen LogP contribution in [0.2, 0.25) is 0 Å². The van der Waals surface area contributed by atoms with Crippen LogP contribution in [0, 0.1) is 0 Å². The number of nitrogens with zero attached hydrogens (tertiary/aromatic N) is 2. The van der Waals surface area contributed by atoms with Crippen LogP contribution in [0.4, 0.5) is 5.69 Å². The maximum Gasteiger partial charge on any atom is 0.298 e. The molecular weight excluding hydrogens is 206 g/mol. The number of anilines is 1. The van der Waals surface area contributed by atoms with Crippen molar-refractivity contribution in [2.45, 2.75) is 0 Å². The number of benzene rings is 1.